The minimum atomic E-state index is -0.553. The fourth-order valence-corrected chi connectivity index (χ4v) is 1.66. The highest BCUT2D eigenvalue weighted by Gasteiger charge is 2.09. The van der Waals surface area contributed by atoms with Gasteiger partial charge in [0.25, 0.3) is 5.91 Å². The number of aryl methyl sites for hydroxylation is 1. The van der Waals surface area contributed by atoms with Gasteiger partial charge in [0, 0.05) is 16.6 Å². The molecule has 0 spiro atoms. The molecular formula is C14H16BrNO4. The SMILES string of the molecule is CC(=O)CCC(=O)OCC(=O)Nc1ccc(Br)c(C)c1. The molecule has 0 saturated carbocycles. The number of Topliss-reactive ketones (excluding diaryl/α,β-unsaturated/α-hetero) is 1. The number of benzene rings is 1. The van der Waals surface area contributed by atoms with Crippen molar-refractivity contribution in [2.75, 3.05) is 11.9 Å². The molecule has 20 heavy (non-hydrogen) atoms. The van der Waals surface area contributed by atoms with Crippen molar-refractivity contribution in [2.45, 2.75) is 26.7 Å². The Balaban J connectivity index is 2.38. The predicted molar refractivity (Wildman–Crippen MR) is 78.4 cm³/mol. The van der Waals surface area contributed by atoms with Crippen LogP contribution in [0.25, 0.3) is 0 Å². The van der Waals surface area contributed by atoms with Crippen molar-refractivity contribution in [3.05, 3.63) is 28.2 Å². The number of ketones is 1. The molecule has 1 amide bonds. The summed E-state index contributed by atoms with van der Waals surface area (Å²) in [5.41, 5.74) is 1.62. The number of rotatable bonds is 6. The van der Waals surface area contributed by atoms with Gasteiger partial charge in [-0.15, -0.1) is 0 Å². The summed E-state index contributed by atoms with van der Waals surface area (Å²) in [5.74, 6) is -1.05. The van der Waals surface area contributed by atoms with Crippen molar-refractivity contribution < 1.29 is 19.1 Å². The second-order valence-electron chi connectivity index (χ2n) is 4.37. The number of anilines is 1. The highest BCUT2D eigenvalue weighted by molar-refractivity contribution is 9.10. The fourth-order valence-electron chi connectivity index (χ4n) is 1.42. The molecule has 1 aromatic carbocycles. The number of ether oxygens (including phenoxy) is 1. The zero-order valence-electron chi connectivity index (χ0n) is 11.4. The maximum Gasteiger partial charge on any atom is 0.306 e. The molecule has 5 nitrogen and oxygen atoms in total. The summed E-state index contributed by atoms with van der Waals surface area (Å²) >= 11 is 3.36. The van der Waals surface area contributed by atoms with Crippen molar-refractivity contribution in [3.63, 3.8) is 0 Å². The van der Waals surface area contributed by atoms with Gasteiger partial charge in [-0.2, -0.15) is 0 Å². The minimum Gasteiger partial charge on any atom is -0.456 e. The summed E-state index contributed by atoms with van der Waals surface area (Å²) in [5, 5.41) is 2.63. The molecule has 1 N–H and O–H groups in total. The molecule has 0 aliphatic heterocycles. The van der Waals surface area contributed by atoms with Crippen LogP contribution in [0.15, 0.2) is 22.7 Å². The minimum absolute atomic E-state index is 0.00000520. The largest absolute Gasteiger partial charge is 0.456 e. The molecule has 0 fully saturated rings. The second-order valence-corrected chi connectivity index (χ2v) is 5.23. The number of carbonyl (C=O) groups is 3. The van der Waals surface area contributed by atoms with E-state index in [0.29, 0.717) is 5.69 Å². The second kappa shape index (κ2) is 7.79. The Morgan fingerprint density at radius 2 is 1.95 bits per heavy atom. The first-order valence-corrected chi connectivity index (χ1v) is 6.89. The van der Waals surface area contributed by atoms with Crippen molar-refractivity contribution in [2.24, 2.45) is 0 Å². The number of hydrogen-bond acceptors (Lipinski definition) is 4. The van der Waals surface area contributed by atoms with Gasteiger partial charge in [0.15, 0.2) is 6.61 Å². The molecule has 0 aliphatic carbocycles. The number of esters is 1. The smallest absolute Gasteiger partial charge is 0.306 e. The van der Waals surface area contributed by atoms with Crippen LogP contribution in [0.4, 0.5) is 5.69 Å². The van der Waals surface area contributed by atoms with E-state index >= 15 is 0 Å². The van der Waals surface area contributed by atoms with Crippen LogP contribution < -0.4 is 5.32 Å². The van der Waals surface area contributed by atoms with Crippen LogP contribution in [-0.2, 0) is 19.1 Å². The van der Waals surface area contributed by atoms with Gasteiger partial charge in [-0.1, -0.05) is 15.9 Å². The van der Waals surface area contributed by atoms with Crippen LogP contribution in [0.1, 0.15) is 25.3 Å². The van der Waals surface area contributed by atoms with E-state index in [1.54, 1.807) is 12.1 Å². The Morgan fingerprint density at radius 1 is 1.25 bits per heavy atom. The first-order valence-electron chi connectivity index (χ1n) is 6.09. The van der Waals surface area contributed by atoms with Crippen molar-refractivity contribution in [3.8, 4) is 0 Å². The van der Waals surface area contributed by atoms with Gasteiger partial charge >= 0.3 is 5.97 Å². The van der Waals surface area contributed by atoms with E-state index < -0.39 is 11.9 Å². The van der Waals surface area contributed by atoms with Crippen LogP contribution in [0, 0.1) is 6.92 Å². The van der Waals surface area contributed by atoms with Gasteiger partial charge in [-0.05, 0) is 37.6 Å². The third-order valence-electron chi connectivity index (χ3n) is 2.49. The molecule has 0 radical (unpaired) electrons. The summed E-state index contributed by atoms with van der Waals surface area (Å²) in [4.78, 5) is 33.5. The highest BCUT2D eigenvalue weighted by Crippen LogP contribution is 2.19. The van der Waals surface area contributed by atoms with Gasteiger partial charge in [0.05, 0.1) is 6.42 Å². The van der Waals surface area contributed by atoms with Crippen molar-refractivity contribution >= 4 is 39.3 Å². The standard InChI is InChI=1S/C14H16BrNO4/c1-9-7-11(4-5-12(9)15)16-13(18)8-20-14(19)6-3-10(2)17/h4-5,7H,3,6,8H2,1-2H3,(H,16,18). The molecule has 0 saturated heterocycles. The van der Waals surface area contributed by atoms with E-state index in [1.165, 1.54) is 6.92 Å². The molecule has 1 aromatic rings. The Morgan fingerprint density at radius 3 is 2.55 bits per heavy atom. The van der Waals surface area contributed by atoms with Gasteiger partial charge in [0.2, 0.25) is 0 Å². The molecule has 1 rings (SSSR count). The molecular weight excluding hydrogens is 326 g/mol. The topological polar surface area (TPSA) is 72.5 Å². The quantitative estimate of drug-likeness (QED) is 0.807. The number of halogens is 1. The maximum absolute atomic E-state index is 11.6. The van der Waals surface area contributed by atoms with E-state index in [9.17, 15) is 14.4 Å². The average Bonchev–Trinajstić information content (AvgIpc) is 2.38. The van der Waals surface area contributed by atoms with Crippen molar-refractivity contribution in [1.29, 1.82) is 0 Å². The summed E-state index contributed by atoms with van der Waals surface area (Å²) in [7, 11) is 0. The van der Waals surface area contributed by atoms with Crippen LogP contribution in [0.3, 0.4) is 0 Å². The zero-order chi connectivity index (χ0) is 15.1. The lowest BCUT2D eigenvalue weighted by atomic mass is 10.2. The molecule has 108 valence electrons. The Kier molecular flexibility index (Phi) is 6.38. The molecule has 0 aliphatic rings. The van der Waals surface area contributed by atoms with Crippen LogP contribution in [0.5, 0.6) is 0 Å². The van der Waals surface area contributed by atoms with Crippen LogP contribution >= 0.6 is 15.9 Å². The molecule has 0 atom stereocenters. The van der Waals surface area contributed by atoms with E-state index in [0.717, 1.165) is 10.0 Å². The lowest BCUT2D eigenvalue weighted by molar-refractivity contribution is -0.148. The third-order valence-corrected chi connectivity index (χ3v) is 3.38. The number of nitrogens with one attached hydrogen (secondary N) is 1. The molecule has 0 bridgehead atoms. The average molecular weight is 342 g/mol. The molecule has 0 heterocycles. The van der Waals surface area contributed by atoms with Gasteiger partial charge in [-0.3, -0.25) is 9.59 Å². The van der Waals surface area contributed by atoms with E-state index in [1.807, 2.05) is 13.0 Å². The first kappa shape index (κ1) is 16.4. The summed E-state index contributed by atoms with van der Waals surface area (Å²) in [6.07, 6.45) is 0.131. The van der Waals surface area contributed by atoms with E-state index in [4.69, 9.17) is 4.74 Å². The highest BCUT2D eigenvalue weighted by atomic mass is 79.9. The number of hydrogen-bond donors (Lipinski definition) is 1. The van der Waals surface area contributed by atoms with Gasteiger partial charge in [-0.25, -0.2) is 0 Å². The summed E-state index contributed by atoms with van der Waals surface area (Å²) < 4.78 is 5.72. The Bertz CT molecular complexity index is 528. The van der Waals surface area contributed by atoms with E-state index in [2.05, 4.69) is 21.2 Å². The van der Waals surface area contributed by atoms with Crippen LogP contribution in [-0.4, -0.2) is 24.3 Å². The zero-order valence-corrected chi connectivity index (χ0v) is 13.0. The Hall–Kier alpha value is -1.69. The normalized spacial score (nSPS) is 9.95. The molecule has 0 unspecified atom stereocenters. The van der Waals surface area contributed by atoms with Crippen LogP contribution in [0.2, 0.25) is 0 Å². The lowest BCUT2D eigenvalue weighted by Gasteiger charge is -2.07. The third kappa shape index (κ3) is 5.97. The van der Waals surface area contributed by atoms with E-state index in [-0.39, 0.29) is 25.2 Å². The van der Waals surface area contributed by atoms with Crippen molar-refractivity contribution in [1.82, 2.24) is 0 Å². The monoisotopic (exact) mass is 341 g/mol. The number of amides is 1. The fraction of sp³-hybridized carbons (Fsp3) is 0.357. The van der Waals surface area contributed by atoms with Gasteiger partial charge < -0.3 is 14.8 Å². The van der Waals surface area contributed by atoms with Gasteiger partial charge in [0.1, 0.15) is 5.78 Å². The first-order chi connectivity index (χ1) is 9.38. The summed E-state index contributed by atoms with van der Waals surface area (Å²) in [6.45, 7) is 2.95. The molecule has 6 heteroatoms. The Labute approximate surface area is 125 Å². The lowest BCUT2D eigenvalue weighted by Crippen LogP contribution is -2.21. The summed E-state index contributed by atoms with van der Waals surface area (Å²) in [6, 6.07) is 5.37. The predicted octanol–water partition coefficient (Wildman–Crippen LogP) is 2.61. The molecule has 0 aromatic heterocycles. The maximum atomic E-state index is 11.6. The number of carbonyl (C=O) groups excluding carboxylic acids is 3.